The number of nitrogens with one attached hydrogen (secondary N) is 1. The van der Waals surface area contributed by atoms with Gasteiger partial charge in [0, 0.05) is 11.3 Å². The highest BCUT2D eigenvalue weighted by Crippen LogP contribution is 2.38. The predicted molar refractivity (Wildman–Crippen MR) is 109 cm³/mol. The molecule has 0 unspecified atom stereocenters. The number of aromatic nitrogens is 1. The van der Waals surface area contributed by atoms with E-state index in [2.05, 4.69) is 4.98 Å². The van der Waals surface area contributed by atoms with E-state index in [4.69, 9.17) is 14.2 Å². The molecule has 0 aliphatic carbocycles. The lowest BCUT2D eigenvalue weighted by Gasteiger charge is -2.20. The summed E-state index contributed by atoms with van der Waals surface area (Å²) in [6.45, 7) is 1.93. The van der Waals surface area contributed by atoms with Crippen LogP contribution in [0.2, 0.25) is 0 Å². The minimum atomic E-state index is -0.734. The molecule has 0 spiro atoms. The molecule has 0 saturated carbocycles. The first-order valence-electron chi connectivity index (χ1n) is 9.21. The van der Waals surface area contributed by atoms with Crippen LogP contribution < -0.4 is 15.0 Å². The molecular weight excluding hydrogens is 374 g/mol. The van der Waals surface area contributed by atoms with Gasteiger partial charge in [0.15, 0.2) is 11.5 Å². The first-order valence-corrected chi connectivity index (χ1v) is 9.21. The van der Waals surface area contributed by atoms with Crippen LogP contribution in [0.15, 0.2) is 47.3 Å². The van der Waals surface area contributed by atoms with Crippen molar-refractivity contribution in [3.63, 3.8) is 0 Å². The lowest BCUT2D eigenvalue weighted by molar-refractivity contribution is -0.143. The number of carbonyl (C=O) groups excluding carboxylic acids is 1. The van der Waals surface area contributed by atoms with Gasteiger partial charge in [0.2, 0.25) is 0 Å². The van der Waals surface area contributed by atoms with Gasteiger partial charge in [0.25, 0.3) is 5.56 Å². The van der Waals surface area contributed by atoms with Gasteiger partial charge in [-0.25, -0.2) is 0 Å². The van der Waals surface area contributed by atoms with Gasteiger partial charge < -0.3 is 24.3 Å². The molecule has 7 heteroatoms. The highest BCUT2D eigenvalue weighted by molar-refractivity contribution is 5.86. The average molecular weight is 397 g/mol. The number of hydrogen-bond donors (Lipinski definition) is 2. The summed E-state index contributed by atoms with van der Waals surface area (Å²) in [5.74, 6) is -0.395. The Morgan fingerprint density at radius 2 is 1.83 bits per heavy atom. The zero-order valence-electron chi connectivity index (χ0n) is 16.5. The van der Waals surface area contributed by atoms with Crippen LogP contribution in [0.1, 0.15) is 30.4 Å². The Hall–Kier alpha value is -3.48. The van der Waals surface area contributed by atoms with Crippen LogP contribution >= 0.6 is 0 Å². The second-order valence-corrected chi connectivity index (χ2v) is 6.44. The van der Waals surface area contributed by atoms with Crippen LogP contribution in [0.4, 0.5) is 0 Å². The van der Waals surface area contributed by atoms with E-state index >= 15 is 0 Å². The smallest absolute Gasteiger partial charge is 0.306 e. The summed E-state index contributed by atoms with van der Waals surface area (Å²) in [6, 6.07) is 12.1. The normalized spacial score (nSPS) is 11.8. The third kappa shape index (κ3) is 4.03. The quantitative estimate of drug-likeness (QED) is 0.594. The maximum Gasteiger partial charge on any atom is 0.306 e. The van der Waals surface area contributed by atoms with Gasteiger partial charge in [-0.05, 0) is 36.8 Å². The number of aromatic amines is 1. The largest absolute Gasteiger partial charge is 0.507 e. The number of para-hydroxylation sites is 1. The molecule has 0 saturated heterocycles. The van der Waals surface area contributed by atoms with E-state index in [1.807, 2.05) is 0 Å². The number of hydrogen-bond acceptors (Lipinski definition) is 6. The van der Waals surface area contributed by atoms with Crippen LogP contribution in [-0.2, 0) is 9.53 Å². The molecule has 1 atom stereocenters. The number of fused-ring (bicyclic) bond motifs is 1. The lowest BCUT2D eigenvalue weighted by atomic mass is 9.87. The van der Waals surface area contributed by atoms with E-state index in [0.29, 0.717) is 28.0 Å². The molecule has 1 heterocycles. The molecular formula is C22H23NO6. The molecule has 1 aromatic heterocycles. The van der Waals surface area contributed by atoms with Crippen molar-refractivity contribution in [2.24, 2.45) is 0 Å². The van der Waals surface area contributed by atoms with Crippen molar-refractivity contribution in [3.05, 3.63) is 63.9 Å². The highest BCUT2D eigenvalue weighted by atomic mass is 16.5. The summed E-state index contributed by atoms with van der Waals surface area (Å²) in [7, 11) is 3.02. The Labute approximate surface area is 167 Å². The third-order valence-corrected chi connectivity index (χ3v) is 4.76. The maximum absolute atomic E-state index is 12.9. The summed E-state index contributed by atoms with van der Waals surface area (Å²) in [5, 5.41) is 11.4. The van der Waals surface area contributed by atoms with Gasteiger partial charge in [-0.15, -0.1) is 0 Å². The predicted octanol–water partition coefficient (Wildman–Crippen LogP) is 3.34. The summed E-state index contributed by atoms with van der Waals surface area (Å²) >= 11 is 0. The second-order valence-electron chi connectivity index (χ2n) is 6.44. The molecule has 3 aromatic rings. The van der Waals surface area contributed by atoms with Gasteiger partial charge in [-0.1, -0.05) is 18.2 Å². The first-order chi connectivity index (χ1) is 14.0. The molecule has 0 bridgehead atoms. The van der Waals surface area contributed by atoms with Crippen LogP contribution in [0, 0.1) is 0 Å². The summed E-state index contributed by atoms with van der Waals surface area (Å²) in [5.41, 5.74) is 0.766. The van der Waals surface area contributed by atoms with E-state index in [0.717, 1.165) is 0 Å². The van der Waals surface area contributed by atoms with Gasteiger partial charge >= 0.3 is 5.97 Å². The number of aromatic hydroxyl groups is 1. The fourth-order valence-corrected chi connectivity index (χ4v) is 3.41. The molecule has 3 rings (SSSR count). The monoisotopic (exact) mass is 397 g/mol. The number of benzene rings is 2. The maximum atomic E-state index is 12.9. The van der Waals surface area contributed by atoms with E-state index in [1.165, 1.54) is 14.2 Å². The van der Waals surface area contributed by atoms with Crippen LogP contribution in [0.3, 0.4) is 0 Å². The number of H-pyrrole nitrogens is 1. The third-order valence-electron chi connectivity index (χ3n) is 4.76. The Morgan fingerprint density at radius 1 is 1.10 bits per heavy atom. The number of rotatable bonds is 7. The highest BCUT2D eigenvalue weighted by Gasteiger charge is 2.27. The van der Waals surface area contributed by atoms with Crippen LogP contribution in [0.25, 0.3) is 10.9 Å². The number of esters is 1. The number of carbonyl (C=O) groups is 1. The Kier molecular flexibility index (Phi) is 6.07. The fourth-order valence-electron chi connectivity index (χ4n) is 3.41. The number of ether oxygens (including phenoxy) is 3. The van der Waals surface area contributed by atoms with E-state index in [9.17, 15) is 14.7 Å². The van der Waals surface area contributed by atoms with Gasteiger partial charge in [0.1, 0.15) is 5.75 Å². The molecule has 0 radical (unpaired) electrons. The minimum Gasteiger partial charge on any atom is -0.507 e. The van der Waals surface area contributed by atoms with Gasteiger partial charge in [-0.2, -0.15) is 0 Å². The molecule has 0 aliphatic heterocycles. The van der Waals surface area contributed by atoms with E-state index in [-0.39, 0.29) is 24.3 Å². The molecule has 0 amide bonds. The number of methoxy groups -OCH3 is 2. The molecule has 0 fully saturated rings. The van der Waals surface area contributed by atoms with Crippen molar-refractivity contribution in [3.8, 4) is 17.2 Å². The summed E-state index contributed by atoms with van der Waals surface area (Å²) in [6.07, 6.45) is -0.113. The molecule has 2 N–H and O–H groups in total. The Bertz CT molecular complexity index is 1090. The van der Waals surface area contributed by atoms with Crippen molar-refractivity contribution in [2.75, 3.05) is 20.8 Å². The van der Waals surface area contributed by atoms with Crippen molar-refractivity contribution in [1.82, 2.24) is 4.98 Å². The zero-order chi connectivity index (χ0) is 21.0. The molecule has 0 aliphatic rings. The van der Waals surface area contributed by atoms with Gasteiger partial charge in [0.05, 0.1) is 38.3 Å². The standard InChI is InChI=1S/C22H23NO6/c1-4-29-19(24)12-15(13-9-10-17(27-2)18(11-13)28-3)20-21(25)14-7-5-6-8-16(14)23-22(20)26/h5-11,15H,4,12H2,1-3H3,(H2,23,25,26)/t15-/m1/s1. The molecule has 2 aromatic carbocycles. The van der Waals surface area contributed by atoms with E-state index in [1.54, 1.807) is 49.4 Å². The number of pyridine rings is 1. The molecule has 29 heavy (non-hydrogen) atoms. The molecule has 152 valence electrons. The Balaban J connectivity index is 2.21. The second kappa shape index (κ2) is 8.68. The van der Waals surface area contributed by atoms with Crippen molar-refractivity contribution in [1.29, 1.82) is 0 Å². The first kappa shape index (κ1) is 20.3. The lowest BCUT2D eigenvalue weighted by Crippen LogP contribution is -2.21. The van der Waals surface area contributed by atoms with Crippen molar-refractivity contribution >= 4 is 16.9 Å². The van der Waals surface area contributed by atoms with Crippen LogP contribution in [-0.4, -0.2) is 36.9 Å². The summed E-state index contributed by atoms with van der Waals surface area (Å²) in [4.78, 5) is 27.9. The van der Waals surface area contributed by atoms with Crippen LogP contribution in [0.5, 0.6) is 17.2 Å². The van der Waals surface area contributed by atoms with E-state index < -0.39 is 17.4 Å². The topological polar surface area (TPSA) is 97.8 Å². The average Bonchev–Trinajstić information content (AvgIpc) is 2.72. The fraction of sp³-hybridized carbons (Fsp3) is 0.273. The minimum absolute atomic E-state index is 0.101. The van der Waals surface area contributed by atoms with Gasteiger partial charge in [-0.3, -0.25) is 9.59 Å². The zero-order valence-corrected chi connectivity index (χ0v) is 16.5. The Morgan fingerprint density at radius 3 is 2.52 bits per heavy atom. The summed E-state index contributed by atoms with van der Waals surface area (Å²) < 4.78 is 15.7. The van der Waals surface area contributed by atoms with Crippen molar-refractivity contribution < 1.29 is 24.1 Å². The van der Waals surface area contributed by atoms with Crippen molar-refractivity contribution in [2.45, 2.75) is 19.3 Å². The molecule has 7 nitrogen and oxygen atoms in total. The SMILES string of the molecule is CCOC(=O)C[C@H](c1ccc(OC)c(OC)c1)c1c(O)c2ccccc2[nH]c1=O.